The van der Waals surface area contributed by atoms with E-state index in [1.807, 2.05) is 29.2 Å². The highest BCUT2D eigenvalue weighted by molar-refractivity contribution is 5.78. The first-order valence-corrected chi connectivity index (χ1v) is 7.51. The molecule has 3 unspecified atom stereocenters. The van der Waals surface area contributed by atoms with Crippen molar-refractivity contribution in [2.24, 2.45) is 5.92 Å². The molecule has 0 spiro atoms. The Kier molecular flexibility index (Phi) is 3.92. The van der Waals surface area contributed by atoms with Gasteiger partial charge in [-0.25, -0.2) is 4.79 Å². The number of benzene rings is 1. The number of rotatable bonds is 4. The van der Waals surface area contributed by atoms with Crippen molar-refractivity contribution in [2.75, 3.05) is 7.11 Å². The maximum absolute atomic E-state index is 12.2. The predicted octanol–water partition coefficient (Wildman–Crippen LogP) is 1.84. The zero-order chi connectivity index (χ0) is 15.7. The summed E-state index contributed by atoms with van der Waals surface area (Å²) in [4.78, 5) is 25.1. The fourth-order valence-corrected chi connectivity index (χ4v) is 3.42. The molecule has 3 rings (SSSR count). The van der Waals surface area contributed by atoms with E-state index in [9.17, 15) is 9.59 Å². The van der Waals surface area contributed by atoms with Crippen LogP contribution >= 0.6 is 0 Å². The zero-order valence-corrected chi connectivity index (χ0v) is 12.5. The topological polar surface area (TPSA) is 78.9 Å². The van der Waals surface area contributed by atoms with Crippen LogP contribution in [-0.4, -0.2) is 41.2 Å². The second kappa shape index (κ2) is 5.87. The Balaban J connectivity index is 1.69. The number of carbonyl (C=O) groups excluding carboxylic acids is 1. The van der Waals surface area contributed by atoms with Crippen molar-refractivity contribution in [3.05, 3.63) is 29.8 Å². The van der Waals surface area contributed by atoms with Crippen molar-refractivity contribution >= 4 is 12.0 Å². The molecule has 3 atom stereocenters. The molecule has 0 bridgehead atoms. The first-order chi connectivity index (χ1) is 10.6. The van der Waals surface area contributed by atoms with Crippen LogP contribution in [-0.2, 0) is 11.3 Å². The maximum Gasteiger partial charge on any atom is 0.318 e. The quantitative estimate of drug-likeness (QED) is 0.889. The van der Waals surface area contributed by atoms with E-state index in [2.05, 4.69) is 5.32 Å². The molecule has 1 aliphatic heterocycles. The minimum atomic E-state index is -0.763. The fourth-order valence-electron chi connectivity index (χ4n) is 3.42. The second-order valence-electron chi connectivity index (χ2n) is 5.95. The minimum absolute atomic E-state index is 0.0550. The summed E-state index contributed by atoms with van der Waals surface area (Å²) in [5.41, 5.74) is 1.04. The molecule has 1 saturated carbocycles. The molecule has 1 saturated heterocycles. The Bertz CT molecular complexity index is 572. The minimum Gasteiger partial charge on any atom is -0.497 e. The van der Waals surface area contributed by atoms with Gasteiger partial charge < -0.3 is 20.1 Å². The van der Waals surface area contributed by atoms with Crippen LogP contribution in [0.1, 0.15) is 24.8 Å². The van der Waals surface area contributed by atoms with E-state index in [1.54, 1.807) is 7.11 Å². The number of ether oxygens (including phenoxy) is 1. The van der Waals surface area contributed by atoms with Gasteiger partial charge in [-0.3, -0.25) is 4.79 Å². The summed E-state index contributed by atoms with van der Waals surface area (Å²) in [5, 5.41) is 12.1. The summed E-state index contributed by atoms with van der Waals surface area (Å²) in [6, 6.07) is 7.58. The lowest BCUT2D eigenvalue weighted by Crippen LogP contribution is -2.42. The first kappa shape index (κ1) is 14.7. The van der Waals surface area contributed by atoms with Gasteiger partial charge in [-0.05, 0) is 37.0 Å². The van der Waals surface area contributed by atoms with Gasteiger partial charge in [0, 0.05) is 6.54 Å². The third-order valence-corrected chi connectivity index (χ3v) is 4.65. The van der Waals surface area contributed by atoms with Crippen molar-refractivity contribution in [3.63, 3.8) is 0 Å². The van der Waals surface area contributed by atoms with Crippen molar-refractivity contribution in [1.82, 2.24) is 10.2 Å². The molecule has 1 aliphatic carbocycles. The van der Waals surface area contributed by atoms with Gasteiger partial charge >= 0.3 is 12.0 Å². The number of carbonyl (C=O) groups is 2. The maximum atomic E-state index is 12.2. The van der Waals surface area contributed by atoms with E-state index < -0.39 is 5.97 Å². The molecule has 2 fully saturated rings. The molecule has 0 aromatic heterocycles. The molecule has 0 radical (unpaired) electrons. The van der Waals surface area contributed by atoms with E-state index in [-0.39, 0.29) is 24.0 Å². The first-order valence-electron chi connectivity index (χ1n) is 7.51. The van der Waals surface area contributed by atoms with Crippen LogP contribution < -0.4 is 10.1 Å². The Labute approximate surface area is 129 Å². The number of aliphatic carboxylic acids is 1. The Morgan fingerprint density at radius 1 is 1.36 bits per heavy atom. The highest BCUT2D eigenvalue weighted by Gasteiger charge is 2.44. The van der Waals surface area contributed by atoms with Gasteiger partial charge in [0.05, 0.1) is 25.1 Å². The molecular formula is C16H20N2O4. The summed E-state index contributed by atoms with van der Waals surface area (Å²) in [6.07, 6.45) is 1.88. The molecule has 1 heterocycles. The zero-order valence-electron chi connectivity index (χ0n) is 12.5. The van der Waals surface area contributed by atoms with Crippen molar-refractivity contribution in [1.29, 1.82) is 0 Å². The number of nitrogens with one attached hydrogen (secondary N) is 1. The predicted molar refractivity (Wildman–Crippen MR) is 79.6 cm³/mol. The molecular weight excluding hydrogens is 284 g/mol. The highest BCUT2D eigenvalue weighted by Crippen LogP contribution is 2.32. The number of carboxylic acid groups (broad SMARTS) is 1. The SMILES string of the molecule is COc1ccc(CN2C(=O)NC3CC(C(=O)O)CCC32)cc1. The average Bonchev–Trinajstić information content (AvgIpc) is 2.83. The van der Waals surface area contributed by atoms with Crippen LogP contribution in [0.5, 0.6) is 5.75 Å². The number of hydrogen-bond donors (Lipinski definition) is 2. The number of fused-ring (bicyclic) bond motifs is 1. The third kappa shape index (κ3) is 2.73. The Morgan fingerprint density at radius 3 is 2.73 bits per heavy atom. The number of methoxy groups -OCH3 is 1. The summed E-state index contributed by atoms with van der Waals surface area (Å²) in [5.74, 6) is -0.321. The standard InChI is InChI=1S/C16H20N2O4/c1-22-12-5-2-10(3-6-12)9-18-14-7-4-11(15(19)20)8-13(14)17-16(18)21/h2-3,5-6,11,13-14H,4,7-9H2,1H3,(H,17,21)(H,19,20). The molecule has 1 aromatic rings. The largest absolute Gasteiger partial charge is 0.497 e. The lowest BCUT2D eigenvalue weighted by atomic mass is 9.82. The average molecular weight is 304 g/mol. The number of nitrogens with zero attached hydrogens (tertiary/aromatic N) is 1. The number of urea groups is 1. The summed E-state index contributed by atoms with van der Waals surface area (Å²) < 4.78 is 5.13. The van der Waals surface area contributed by atoms with E-state index in [4.69, 9.17) is 9.84 Å². The molecule has 2 aliphatic rings. The van der Waals surface area contributed by atoms with Gasteiger partial charge in [0.15, 0.2) is 0 Å². The lowest BCUT2D eigenvalue weighted by molar-refractivity contribution is -0.143. The summed E-state index contributed by atoms with van der Waals surface area (Å²) in [7, 11) is 1.62. The third-order valence-electron chi connectivity index (χ3n) is 4.65. The second-order valence-corrected chi connectivity index (χ2v) is 5.95. The van der Waals surface area contributed by atoms with Gasteiger partial charge in [0.25, 0.3) is 0 Å². The normalized spacial score (nSPS) is 27.2. The fraction of sp³-hybridized carbons (Fsp3) is 0.500. The van der Waals surface area contributed by atoms with Crippen LogP contribution in [0.15, 0.2) is 24.3 Å². The lowest BCUT2D eigenvalue weighted by Gasteiger charge is -2.32. The number of amides is 2. The molecule has 6 heteroatoms. The molecule has 2 amide bonds. The summed E-state index contributed by atoms with van der Waals surface area (Å²) >= 11 is 0. The number of carboxylic acids is 1. The van der Waals surface area contributed by atoms with Crippen LogP contribution in [0.3, 0.4) is 0 Å². The van der Waals surface area contributed by atoms with Gasteiger partial charge in [-0.15, -0.1) is 0 Å². The van der Waals surface area contributed by atoms with E-state index in [0.717, 1.165) is 17.7 Å². The Hall–Kier alpha value is -2.24. The van der Waals surface area contributed by atoms with Crippen molar-refractivity contribution < 1.29 is 19.4 Å². The van der Waals surface area contributed by atoms with Gasteiger partial charge in [-0.2, -0.15) is 0 Å². The van der Waals surface area contributed by atoms with Gasteiger partial charge in [0.2, 0.25) is 0 Å². The summed E-state index contributed by atoms with van der Waals surface area (Å²) in [6.45, 7) is 0.536. The van der Waals surface area contributed by atoms with Gasteiger partial charge in [-0.1, -0.05) is 12.1 Å². The van der Waals surface area contributed by atoms with Crippen molar-refractivity contribution in [2.45, 2.75) is 37.9 Å². The van der Waals surface area contributed by atoms with Crippen molar-refractivity contribution in [3.8, 4) is 5.75 Å². The number of hydrogen-bond acceptors (Lipinski definition) is 3. The molecule has 22 heavy (non-hydrogen) atoms. The Morgan fingerprint density at radius 2 is 2.09 bits per heavy atom. The van der Waals surface area contributed by atoms with Crippen LogP contribution in [0.4, 0.5) is 4.79 Å². The van der Waals surface area contributed by atoms with E-state index in [0.29, 0.717) is 19.4 Å². The molecule has 1 aromatic carbocycles. The monoisotopic (exact) mass is 304 g/mol. The molecule has 2 N–H and O–H groups in total. The van der Waals surface area contributed by atoms with Crippen LogP contribution in [0, 0.1) is 5.92 Å². The molecule has 6 nitrogen and oxygen atoms in total. The molecule has 118 valence electrons. The van der Waals surface area contributed by atoms with Crippen LogP contribution in [0.25, 0.3) is 0 Å². The van der Waals surface area contributed by atoms with E-state index in [1.165, 1.54) is 0 Å². The van der Waals surface area contributed by atoms with E-state index >= 15 is 0 Å². The van der Waals surface area contributed by atoms with Gasteiger partial charge in [0.1, 0.15) is 5.75 Å². The smallest absolute Gasteiger partial charge is 0.318 e. The highest BCUT2D eigenvalue weighted by atomic mass is 16.5. The van der Waals surface area contributed by atoms with Crippen LogP contribution in [0.2, 0.25) is 0 Å².